The molecule has 1 amide bonds. The van der Waals surface area contributed by atoms with E-state index in [1.54, 1.807) is 23.6 Å². The molecular formula is C18H18FNO3S. The molecule has 0 saturated heterocycles. The van der Waals surface area contributed by atoms with Crippen molar-refractivity contribution in [3.63, 3.8) is 0 Å². The highest BCUT2D eigenvalue weighted by Crippen LogP contribution is 2.25. The van der Waals surface area contributed by atoms with Gasteiger partial charge in [-0.1, -0.05) is 37.1 Å². The standard InChI is InChI=1S/C18H18FNO3S/c19-14-9-4-3-8-13(14)16(17(21)20-12-6-1-2-7-12)23-18(22)15-10-5-11-24-15/h3-5,8-12,16H,1-2,6-7H2,(H,20,21). The predicted molar refractivity (Wildman–Crippen MR) is 89.3 cm³/mol. The van der Waals surface area contributed by atoms with Gasteiger partial charge in [0.05, 0.1) is 0 Å². The number of hydrogen-bond acceptors (Lipinski definition) is 4. The summed E-state index contributed by atoms with van der Waals surface area (Å²) < 4.78 is 19.5. The van der Waals surface area contributed by atoms with E-state index in [1.165, 1.54) is 29.5 Å². The second-order valence-electron chi connectivity index (χ2n) is 5.77. The van der Waals surface area contributed by atoms with Gasteiger partial charge in [-0.2, -0.15) is 0 Å². The molecule has 1 aliphatic rings. The third-order valence-electron chi connectivity index (χ3n) is 4.07. The molecule has 0 radical (unpaired) electrons. The van der Waals surface area contributed by atoms with Gasteiger partial charge in [0.1, 0.15) is 10.7 Å². The molecule has 1 aromatic carbocycles. The number of ether oxygens (including phenoxy) is 1. The van der Waals surface area contributed by atoms with Crippen LogP contribution in [0.5, 0.6) is 0 Å². The molecule has 0 spiro atoms. The number of thiophene rings is 1. The summed E-state index contributed by atoms with van der Waals surface area (Å²) in [7, 11) is 0. The Kier molecular flexibility index (Phi) is 5.25. The van der Waals surface area contributed by atoms with Crippen molar-refractivity contribution >= 4 is 23.2 Å². The molecule has 0 bridgehead atoms. The fourth-order valence-corrected chi connectivity index (χ4v) is 3.46. The van der Waals surface area contributed by atoms with Crippen molar-refractivity contribution in [1.29, 1.82) is 0 Å². The van der Waals surface area contributed by atoms with E-state index >= 15 is 0 Å². The molecule has 1 aliphatic carbocycles. The Morgan fingerprint density at radius 2 is 1.92 bits per heavy atom. The second kappa shape index (κ2) is 7.57. The van der Waals surface area contributed by atoms with E-state index in [-0.39, 0.29) is 11.6 Å². The highest BCUT2D eigenvalue weighted by molar-refractivity contribution is 7.11. The molecule has 1 unspecified atom stereocenters. The van der Waals surface area contributed by atoms with Crippen molar-refractivity contribution in [1.82, 2.24) is 5.32 Å². The van der Waals surface area contributed by atoms with E-state index in [4.69, 9.17) is 4.74 Å². The normalized spacial score (nSPS) is 15.9. The predicted octanol–water partition coefficient (Wildman–Crippen LogP) is 3.84. The van der Waals surface area contributed by atoms with Crippen LogP contribution < -0.4 is 5.32 Å². The largest absolute Gasteiger partial charge is 0.443 e. The van der Waals surface area contributed by atoms with Gasteiger partial charge in [-0.3, -0.25) is 4.79 Å². The summed E-state index contributed by atoms with van der Waals surface area (Å²) >= 11 is 1.22. The number of nitrogens with one attached hydrogen (secondary N) is 1. The molecule has 1 fully saturated rings. The fourth-order valence-electron chi connectivity index (χ4n) is 2.85. The molecule has 1 saturated carbocycles. The number of hydrogen-bond donors (Lipinski definition) is 1. The molecule has 2 aromatic rings. The molecule has 1 N–H and O–H groups in total. The summed E-state index contributed by atoms with van der Waals surface area (Å²) in [6, 6.07) is 9.27. The molecule has 1 heterocycles. The number of carbonyl (C=O) groups excluding carboxylic acids is 2. The van der Waals surface area contributed by atoms with Crippen molar-refractivity contribution in [3.05, 3.63) is 58.0 Å². The van der Waals surface area contributed by atoms with Gasteiger partial charge in [0, 0.05) is 11.6 Å². The lowest BCUT2D eigenvalue weighted by atomic mass is 10.1. The molecule has 4 nitrogen and oxygen atoms in total. The van der Waals surface area contributed by atoms with Gasteiger partial charge in [0.25, 0.3) is 5.91 Å². The summed E-state index contributed by atoms with van der Waals surface area (Å²) in [5.74, 6) is -1.67. The van der Waals surface area contributed by atoms with Crippen LogP contribution in [0.3, 0.4) is 0 Å². The van der Waals surface area contributed by atoms with E-state index in [0.29, 0.717) is 4.88 Å². The first-order valence-corrected chi connectivity index (χ1v) is 8.82. The summed E-state index contributed by atoms with van der Waals surface area (Å²) in [6.07, 6.45) is 2.62. The van der Waals surface area contributed by atoms with Gasteiger partial charge in [0.15, 0.2) is 0 Å². The van der Waals surface area contributed by atoms with Crippen LogP contribution in [0.25, 0.3) is 0 Å². The molecule has 126 valence electrons. The average Bonchev–Trinajstić information content (AvgIpc) is 3.26. The first kappa shape index (κ1) is 16.6. The summed E-state index contributed by atoms with van der Waals surface area (Å²) in [5.41, 5.74) is 0.0675. The van der Waals surface area contributed by atoms with Crippen LogP contribution in [0.1, 0.15) is 47.0 Å². The maximum atomic E-state index is 14.1. The summed E-state index contributed by atoms with van der Waals surface area (Å²) in [6.45, 7) is 0. The molecule has 24 heavy (non-hydrogen) atoms. The summed E-state index contributed by atoms with van der Waals surface area (Å²) in [4.78, 5) is 25.2. The van der Waals surface area contributed by atoms with Crippen molar-refractivity contribution in [2.75, 3.05) is 0 Å². The zero-order valence-corrected chi connectivity index (χ0v) is 13.9. The third kappa shape index (κ3) is 3.82. The van der Waals surface area contributed by atoms with Crippen LogP contribution in [-0.4, -0.2) is 17.9 Å². The van der Waals surface area contributed by atoms with Gasteiger partial charge in [0.2, 0.25) is 6.10 Å². The Labute approximate surface area is 143 Å². The second-order valence-corrected chi connectivity index (χ2v) is 6.72. The number of rotatable bonds is 5. The zero-order valence-electron chi connectivity index (χ0n) is 13.0. The number of halogens is 1. The molecule has 6 heteroatoms. The van der Waals surface area contributed by atoms with Crippen LogP contribution in [0.4, 0.5) is 4.39 Å². The van der Waals surface area contributed by atoms with Crippen molar-refractivity contribution in [2.45, 2.75) is 37.8 Å². The Morgan fingerprint density at radius 1 is 1.17 bits per heavy atom. The minimum Gasteiger partial charge on any atom is -0.443 e. The third-order valence-corrected chi connectivity index (χ3v) is 4.92. The fraction of sp³-hybridized carbons (Fsp3) is 0.333. The van der Waals surface area contributed by atoms with E-state index in [0.717, 1.165) is 25.7 Å². The molecule has 1 atom stereocenters. The SMILES string of the molecule is O=C(OC(C(=O)NC1CCCC1)c1ccccc1F)c1cccs1. The molecule has 1 aromatic heterocycles. The lowest BCUT2D eigenvalue weighted by Crippen LogP contribution is -2.38. The van der Waals surface area contributed by atoms with Crippen LogP contribution in [-0.2, 0) is 9.53 Å². The lowest BCUT2D eigenvalue weighted by Gasteiger charge is -2.20. The number of esters is 1. The van der Waals surface area contributed by atoms with Crippen molar-refractivity contribution in [2.24, 2.45) is 0 Å². The quantitative estimate of drug-likeness (QED) is 0.836. The highest BCUT2D eigenvalue weighted by atomic mass is 32.1. The average molecular weight is 347 g/mol. The van der Waals surface area contributed by atoms with Crippen LogP contribution in [0, 0.1) is 5.82 Å². The first-order valence-electron chi connectivity index (χ1n) is 7.94. The highest BCUT2D eigenvalue weighted by Gasteiger charge is 2.30. The maximum absolute atomic E-state index is 14.1. The Bertz CT molecular complexity index is 711. The number of carbonyl (C=O) groups is 2. The molecule has 3 rings (SSSR count). The van der Waals surface area contributed by atoms with Crippen molar-refractivity contribution in [3.8, 4) is 0 Å². The Morgan fingerprint density at radius 3 is 2.58 bits per heavy atom. The van der Waals surface area contributed by atoms with E-state index < -0.39 is 23.8 Å². The number of amides is 1. The van der Waals surface area contributed by atoms with Gasteiger partial charge in [-0.15, -0.1) is 11.3 Å². The van der Waals surface area contributed by atoms with Crippen LogP contribution in [0.2, 0.25) is 0 Å². The van der Waals surface area contributed by atoms with Crippen LogP contribution >= 0.6 is 11.3 Å². The summed E-state index contributed by atoms with van der Waals surface area (Å²) in [5, 5.41) is 4.62. The molecular weight excluding hydrogens is 329 g/mol. The smallest absolute Gasteiger partial charge is 0.349 e. The topological polar surface area (TPSA) is 55.4 Å². The zero-order chi connectivity index (χ0) is 16.9. The lowest BCUT2D eigenvalue weighted by molar-refractivity contribution is -0.131. The monoisotopic (exact) mass is 347 g/mol. The first-order chi connectivity index (χ1) is 11.6. The van der Waals surface area contributed by atoms with E-state index in [1.807, 2.05) is 0 Å². The maximum Gasteiger partial charge on any atom is 0.349 e. The van der Waals surface area contributed by atoms with Gasteiger partial charge in [-0.25, -0.2) is 9.18 Å². The van der Waals surface area contributed by atoms with Gasteiger partial charge in [-0.05, 0) is 30.4 Å². The Hall–Kier alpha value is -2.21. The van der Waals surface area contributed by atoms with Gasteiger partial charge >= 0.3 is 5.97 Å². The minimum absolute atomic E-state index is 0.0622. The van der Waals surface area contributed by atoms with E-state index in [9.17, 15) is 14.0 Å². The van der Waals surface area contributed by atoms with Crippen molar-refractivity contribution < 1.29 is 18.7 Å². The number of benzene rings is 1. The van der Waals surface area contributed by atoms with Crippen LogP contribution in [0.15, 0.2) is 41.8 Å². The molecule has 0 aliphatic heterocycles. The van der Waals surface area contributed by atoms with E-state index in [2.05, 4.69) is 5.32 Å². The Balaban J connectivity index is 1.81. The minimum atomic E-state index is -1.29. The van der Waals surface area contributed by atoms with Gasteiger partial charge < -0.3 is 10.1 Å².